The van der Waals surface area contributed by atoms with E-state index >= 15 is 0 Å². The van der Waals surface area contributed by atoms with Crippen LogP contribution < -0.4 is 0 Å². The standard InChI is InChI=1S/C13H22F3NO2/c1-11(2)9(10(18)12(3,4)19-11)8-17(5)7-6-13(14,15)16/h9H,6-8H2,1-5H3. The van der Waals surface area contributed by atoms with Gasteiger partial charge in [-0.15, -0.1) is 0 Å². The minimum Gasteiger partial charge on any atom is -0.361 e. The number of halogens is 3. The van der Waals surface area contributed by atoms with Gasteiger partial charge in [-0.1, -0.05) is 0 Å². The third kappa shape index (κ3) is 4.18. The van der Waals surface area contributed by atoms with Gasteiger partial charge in [0.15, 0.2) is 5.78 Å². The molecule has 0 N–H and O–H groups in total. The molecule has 0 bridgehead atoms. The molecule has 0 spiro atoms. The molecule has 6 heteroatoms. The summed E-state index contributed by atoms with van der Waals surface area (Å²) in [5.74, 6) is -0.447. The first kappa shape index (κ1) is 16.4. The number of carbonyl (C=O) groups excluding carboxylic acids is 1. The number of alkyl halides is 3. The van der Waals surface area contributed by atoms with Crippen LogP contribution in [0.2, 0.25) is 0 Å². The first-order valence-corrected chi connectivity index (χ1v) is 6.35. The van der Waals surface area contributed by atoms with Gasteiger partial charge in [0.1, 0.15) is 5.60 Å². The zero-order valence-corrected chi connectivity index (χ0v) is 12.1. The van der Waals surface area contributed by atoms with Gasteiger partial charge in [-0.25, -0.2) is 0 Å². The molecular weight excluding hydrogens is 259 g/mol. The number of hydrogen-bond donors (Lipinski definition) is 0. The first-order valence-electron chi connectivity index (χ1n) is 6.35. The van der Waals surface area contributed by atoms with Gasteiger partial charge in [0, 0.05) is 13.1 Å². The highest BCUT2D eigenvalue weighted by Crippen LogP contribution is 2.39. The molecule has 0 aromatic carbocycles. The highest BCUT2D eigenvalue weighted by molar-refractivity contribution is 5.91. The van der Waals surface area contributed by atoms with Crippen LogP contribution in [-0.4, -0.2) is 48.2 Å². The van der Waals surface area contributed by atoms with Crippen LogP contribution in [0, 0.1) is 5.92 Å². The van der Waals surface area contributed by atoms with Crippen LogP contribution >= 0.6 is 0 Å². The molecule has 1 atom stereocenters. The molecule has 0 aromatic heterocycles. The monoisotopic (exact) mass is 281 g/mol. The zero-order chi connectivity index (χ0) is 15.1. The Morgan fingerprint density at radius 2 is 1.79 bits per heavy atom. The summed E-state index contributed by atoms with van der Waals surface area (Å²) in [6.07, 6.45) is -5.03. The fraction of sp³-hybridized carbons (Fsp3) is 0.923. The lowest BCUT2D eigenvalue weighted by molar-refractivity contribution is -0.138. The van der Waals surface area contributed by atoms with E-state index in [0.29, 0.717) is 0 Å². The van der Waals surface area contributed by atoms with Gasteiger partial charge in [-0.3, -0.25) is 4.79 Å². The summed E-state index contributed by atoms with van der Waals surface area (Å²) in [6.45, 7) is 7.19. The Kier molecular flexibility index (Phi) is 4.37. The van der Waals surface area contributed by atoms with Crippen molar-refractivity contribution in [1.29, 1.82) is 0 Å². The largest absolute Gasteiger partial charge is 0.390 e. The second kappa shape index (κ2) is 5.05. The molecule has 0 aliphatic carbocycles. The Hall–Kier alpha value is -0.620. The lowest BCUT2D eigenvalue weighted by atomic mass is 9.85. The number of nitrogens with zero attached hydrogens (tertiary/aromatic N) is 1. The molecule has 0 amide bonds. The number of Topliss-reactive ketones (excluding diaryl/α,β-unsaturated/α-hetero) is 1. The quantitative estimate of drug-likeness (QED) is 0.793. The summed E-state index contributed by atoms with van der Waals surface area (Å²) < 4.78 is 42.2. The van der Waals surface area contributed by atoms with E-state index in [2.05, 4.69) is 0 Å². The predicted octanol–water partition coefficient (Wildman–Crippen LogP) is 2.64. The van der Waals surface area contributed by atoms with Crippen LogP contribution in [-0.2, 0) is 9.53 Å². The van der Waals surface area contributed by atoms with E-state index in [0.717, 1.165) is 0 Å². The number of carbonyl (C=O) groups is 1. The average Bonchev–Trinajstić information content (AvgIpc) is 2.33. The van der Waals surface area contributed by atoms with Crippen LogP contribution in [0.1, 0.15) is 34.1 Å². The van der Waals surface area contributed by atoms with E-state index in [1.807, 2.05) is 13.8 Å². The Bertz CT molecular complexity index is 350. The maximum absolute atomic E-state index is 12.2. The fourth-order valence-corrected chi connectivity index (χ4v) is 2.54. The molecule has 19 heavy (non-hydrogen) atoms. The van der Waals surface area contributed by atoms with Gasteiger partial charge in [0.2, 0.25) is 0 Å². The van der Waals surface area contributed by atoms with Crippen molar-refractivity contribution in [1.82, 2.24) is 4.90 Å². The smallest absolute Gasteiger partial charge is 0.361 e. The van der Waals surface area contributed by atoms with Gasteiger partial charge >= 0.3 is 6.18 Å². The molecule has 1 unspecified atom stereocenters. The summed E-state index contributed by atoms with van der Waals surface area (Å²) in [7, 11) is 1.60. The number of rotatable bonds is 4. The van der Waals surface area contributed by atoms with Gasteiger partial charge in [-0.05, 0) is 34.7 Å². The number of ether oxygens (including phenoxy) is 1. The molecule has 1 saturated heterocycles. The number of hydrogen-bond acceptors (Lipinski definition) is 3. The molecule has 112 valence electrons. The van der Waals surface area contributed by atoms with E-state index in [4.69, 9.17) is 4.74 Å². The lowest BCUT2D eigenvalue weighted by Gasteiger charge is -2.29. The van der Waals surface area contributed by atoms with Crippen molar-refractivity contribution in [3.05, 3.63) is 0 Å². The fourth-order valence-electron chi connectivity index (χ4n) is 2.54. The second-order valence-corrected chi connectivity index (χ2v) is 6.26. The van der Waals surface area contributed by atoms with Crippen molar-refractivity contribution in [3.63, 3.8) is 0 Å². The zero-order valence-electron chi connectivity index (χ0n) is 12.1. The maximum atomic E-state index is 12.2. The third-order valence-electron chi connectivity index (χ3n) is 3.54. The van der Waals surface area contributed by atoms with Crippen molar-refractivity contribution in [3.8, 4) is 0 Å². The van der Waals surface area contributed by atoms with Crippen LogP contribution in [0.15, 0.2) is 0 Å². The van der Waals surface area contributed by atoms with Gasteiger partial charge in [0.25, 0.3) is 0 Å². The summed E-state index contributed by atoms with van der Waals surface area (Å²) >= 11 is 0. The SMILES string of the molecule is CN(CCC(F)(F)F)CC1C(=O)C(C)(C)OC1(C)C. The van der Waals surface area contributed by atoms with Crippen molar-refractivity contribution in [2.45, 2.75) is 51.5 Å². The van der Waals surface area contributed by atoms with Crippen LogP contribution in [0.25, 0.3) is 0 Å². The molecule has 1 rings (SSSR count). The maximum Gasteiger partial charge on any atom is 0.390 e. The Balaban J connectivity index is 2.63. The van der Waals surface area contributed by atoms with Crippen LogP contribution in [0.4, 0.5) is 13.2 Å². The van der Waals surface area contributed by atoms with E-state index in [9.17, 15) is 18.0 Å². The highest BCUT2D eigenvalue weighted by Gasteiger charge is 2.53. The molecule has 0 aromatic rings. The lowest BCUT2D eigenvalue weighted by Crippen LogP contribution is -2.40. The topological polar surface area (TPSA) is 29.5 Å². The Morgan fingerprint density at radius 1 is 1.26 bits per heavy atom. The Morgan fingerprint density at radius 3 is 2.16 bits per heavy atom. The van der Waals surface area contributed by atoms with Crippen molar-refractivity contribution in [2.24, 2.45) is 5.92 Å². The second-order valence-electron chi connectivity index (χ2n) is 6.26. The van der Waals surface area contributed by atoms with Crippen molar-refractivity contribution >= 4 is 5.78 Å². The summed E-state index contributed by atoms with van der Waals surface area (Å²) in [5.41, 5.74) is -1.51. The van der Waals surface area contributed by atoms with Crippen molar-refractivity contribution in [2.75, 3.05) is 20.1 Å². The van der Waals surface area contributed by atoms with E-state index < -0.39 is 29.7 Å². The molecular formula is C13H22F3NO2. The molecule has 1 fully saturated rings. The molecule has 0 radical (unpaired) electrons. The normalized spacial score (nSPS) is 26.2. The molecule has 1 heterocycles. The third-order valence-corrected chi connectivity index (χ3v) is 3.54. The highest BCUT2D eigenvalue weighted by atomic mass is 19.4. The van der Waals surface area contributed by atoms with E-state index in [1.54, 1.807) is 25.8 Å². The van der Waals surface area contributed by atoms with Gasteiger partial charge in [-0.2, -0.15) is 13.2 Å². The average molecular weight is 281 g/mol. The Labute approximate surface area is 112 Å². The van der Waals surface area contributed by atoms with Crippen LogP contribution in [0.5, 0.6) is 0 Å². The van der Waals surface area contributed by atoms with E-state index in [1.165, 1.54) is 0 Å². The predicted molar refractivity (Wildman–Crippen MR) is 65.9 cm³/mol. The molecule has 3 nitrogen and oxygen atoms in total. The number of ketones is 1. The summed E-state index contributed by atoms with van der Waals surface area (Å²) in [6, 6.07) is 0. The van der Waals surface area contributed by atoms with Crippen LogP contribution in [0.3, 0.4) is 0 Å². The molecule has 0 saturated carbocycles. The van der Waals surface area contributed by atoms with Crippen molar-refractivity contribution < 1.29 is 22.7 Å². The van der Waals surface area contributed by atoms with Gasteiger partial charge in [0.05, 0.1) is 17.9 Å². The minimum absolute atomic E-state index is 0.0450. The first-order chi connectivity index (χ1) is 8.35. The molecule has 1 aliphatic rings. The minimum atomic E-state index is -4.17. The summed E-state index contributed by atoms with van der Waals surface area (Å²) in [5, 5.41) is 0. The van der Waals surface area contributed by atoms with E-state index in [-0.39, 0.29) is 18.9 Å². The summed E-state index contributed by atoms with van der Waals surface area (Å²) in [4.78, 5) is 13.7. The molecule has 1 aliphatic heterocycles. The van der Waals surface area contributed by atoms with Gasteiger partial charge < -0.3 is 9.64 Å².